The lowest BCUT2D eigenvalue weighted by Gasteiger charge is -2.34. The molecule has 9 nitrogen and oxygen atoms in total. The quantitative estimate of drug-likeness (QED) is 0.504. The average molecular weight is 476 g/mol. The fraction of sp³-hybridized carbons (Fsp3) is 0.231. The number of amides is 2. The first-order valence-corrected chi connectivity index (χ1v) is 11.1. The maximum absolute atomic E-state index is 12.9. The first-order valence-electron chi connectivity index (χ1n) is 11.1. The second kappa shape index (κ2) is 11.1. The molecule has 0 radical (unpaired) electrons. The molecule has 0 bridgehead atoms. The van der Waals surface area contributed by atoms with Gasteiger partial charge in [0.15, 0.2) is 5.75 Å². The lowest BCUT2D eigenvalue weighted by Crippen LogP contribution is -2.51. The van der Waals surface area contributed by atoms with Gasteiger partial charge in [-0.25, -0.2) is 9.59 Å². The number of ether oxygens (including phenoxy) is 3. The van der Waals surface area contributed by atoms with Crippen molar-refractivity contribution in [2.45, 2.75) is 6.61 Å². The monoisotopic (exact) mass is 475 g/mol. The van der Waals surface area contributed by atoms with Gasteiger partial charge in [0.05, 0.1) is 18.9 Å². The fourth-order valence-electron chi connectivity index (χ4n) is 3.61. The minimum Gasteiger partial charge on any atom is -0.489 e. The molecule has 0 atom stereocenters. The molecule has 2 heterocycles. The van der Waals surface area contributed by atoms with Gasteiger partial charge in [-0.05, 0) is 54.1 Å². The normalized spacial score (nSPS) is 13.2. The highest BCUT2D eigenvalue weighted by Crippen LogP contribution is 2.18. The van der Waals surface area contributed by atoms with Gasteiger partial charge in [-0.2, -0.15) is 0 Å². The van der Waals surface area contributed by atoms with Crippen LogP contribution in [0.2, 0.25) is 0 Å². The van der Waals surface area contributed by atoms with Crippen LogP contribution in [0.1, 0.15) is 26.3 Å². The van der Waals surface area contributed by atoms with Crippen LogP contribution in [0.15, 0.2) is 73.1 Å². The van der Waals surface area contributed by atoms with Crippen LogP contribution in [-0.2, 0) is 11.3 Å². The number of carbonyl (C=O) groups excluding carboxylic acids is 3. The number of hydrogen-bond donors (Lipinski definition) is 0. The molecule has 0 N–H and O–H groups in total. The number of nitrogens with zero attached hydrogens (tertiary/aromatic N) is 3. The van der Waals surface area contributed by atoms with Gasteiger partial charge in [-0.1, -0.05) is 12.1 Å². The van der Waals surface area contributed by atoms with Crippen molar-refractivity contribution in [1.29, 1.82) is 0 Å². The Morgan fingerprint density at radius 1 is 0.857 bits per heavy atom. The van der Waals surface area contributed by atoms with Gasteiger partial charge >= 0.3 is 12.1 Å². The Balaban J connectivity index is 1.27. The van der Waals surface area contributed by atoms with Crippen molar-refractivity contribution in [3.05, 3.63) is 89.7 Å². The van der Waals surface area contributed by atoms with E-state index in [1.165, 1.54) is 13.3 Å². The Kier molecular flexibility index (Phi) is 7.57. The summed E-state index contributed by atoms with van der Waals surface area (Å²) in [5, 5.41) is 0. The minimum atomic E-state index is -0.455. The highest BCUT2D eigenvalue weighted by molar-refractivity contribution is 5.94. The van der Waals surface area contributed by atoms with Crippen molar-refractivity contribution < 1.29 is 28.6 Å². The van der Waals surface area contributed by atoms with Crippen LogP contribution in [0.4, 0.5) is 4.79 Å². The van der Waals surface area contributed by atoms with Crippen molar-refractivity contribution in [2.24, 2.45) is 0 Å². The Morgan fingerprint density at radius 2 is 1.60 bits per heavy atom. The third-order valence-electron chi connectivity index (χ3n) is 5.52. The van der Waals surface area contributed by atoms with E-state index in [2.05, 4.69) is 4.98 Å². The molecule has 2 aromatic carbocycles. The number of carbonyl (C=O) groups is 3. The number of piperazine rings is 1. The molecule has 1 aromatic heterocycles. The van der Waals surface area contributed by atoms with Crippen LogP contribution in [0, 0.1) is 0 Å². The second-order valence-corrected chi connectivity index (χ2v) is 7.84. The Morgan fingerprint density at radius 3 is 2.29 bits per heavy atom. The molecule has 35 heavy (non-hydrogen) atoms. The lowest BCUT2D eigenvalue weighted by molar-refractivity contribution is 0.0599. The number of methoxy groups -OCH3 is 1. The van der Waals surface area contributed by atoms with Gasteiger partial charge < -0.3 is 24.0 Å². The molecule has 2 amide bonds. The van der Waals surface area contributed by atoms with Gasteiger partial charge in [0.1, 0.15) is 12.4 Å². The molecule has 1 fully saturated rings. The van der Waals surface area contributed by atoms with Crippen LogP contribution in [-0.4, -0.2) is 66.0 Å². The fourth-order valence-corrected chi connectivity index (χ4v) is 3.61. The summed E-state index contributed by atoms with van der Waals surface area (Å²) in [7, 11) is 1.34. The Hall–Kier alpha value is -4.40. The molecule has 0 saturated carbocycles. The summed E-state index contributed by atoms with van der Waals surface area (Å²) >= 11 is 0. The van der Waals surface area contributed by atoms with Gasteiger partial charge in [0.25, 0.3) is 5.91 Å². The summed E-state index contributed by atoms with van der Waals surface area (Å²) in [5.41, 5.74) is 1.82. The first kappa shape index (κ1) is 23.7. The standard InChI is InChI=1S/C26H25N3O6/c1-33-25(31)21-5-2-4-19(16-21)18-34-22-9-7-20(8-10-22)24(30)28-12-14-29(15-13-28)26(32)35-23-6-3-11-27-17-23/h2-11,16-17H,12-15,18H2,1H3. The maximum Gasteiger partial charge on any atom is 0.415 e. The Bertz CT molecular complexity index is 1180. The van der Waals surface area contributed by atoms with Gasteiger partial charge in [0, 0.05) is 37.9 Å². The smallest absolute Gasteiger partial charge is 0.415 e. The highest BCUT2D eigenvalue weighted by Gasteiger charge is 2.26. The summed E-state index contributed by atoms with van der Waals surface area (Å²) in [6.07, 6.45) is 2.62. The minimum absolute atomic E-state index is 0.109. The first-order chi connectivity index (χ1) is 17.0. The number of rotatable bonds is 6. The van der Waals surface area contributed by atoms with E-state index >= 15 is 0 Å². The number of pyridine rings is 1. The molecule has 3 aromatic rings. The predicted octanol–water partition coefficient (Wildman–Crippen LogP) is 3.40. The predicted molar refractivity (Wildman–Crippen MR) is 126 cm³/mol. The number of benzene rings is 2. The summed E-state index contributed by atoms with van der Waals surface area (Å²) < 4.78 is 15.8. The molecule has 9 heteroatoms. The molecule has 0 aliphatic carbocycles. The van der Waals surface area contributed by atoms with Crippen LogP contribution < -0.4 is 9.47 Å². The highest BCUT2D eigenvalue weighted by atomic mass is 16.6. The van der Waals surface area contributed by atoms with Gasteiger partial charge in [0.2, 0.25) is 0 Å². The third-order valence-corrected chi connectivity index (χ3v) is 5.52. The summed E-state index contributed by atoms with van der Waals surface area (Å²) in [4.78, 5) is 44.1. The third kappa shape index (κ3) is 6.14. The summed E-state index contributed by atoms with van der Waals surface area (Å²) in [5.74, 6) is 0.478. The largest absolute Gasteiger partial charge is 0.489 e. The SMILES string of the molecule is COC(=O)c1cccc(COc2ccc(C(=O)N3CCN(C(=O)Oc4cccnc4)CC3)cc2)c1. The molecule has 0 spiro atoms. The summed E-state index contributed by atoms with van der Waals surface area (Å²) in [6.45, 7) is 1.87. The zero-order valence-corrected chi connectivity index (χ0v) is 19.3. The van der Waals surface area contributed by atoms with E-state index in [0.29, 0.717) is 48.8 Å². The molecule has 0 unspecified atom stereocenters. The van der Waals surface area contributed by atoms with Crippen LogP contribution in [0.3, 0.4) is 0 Å². The van der Waals surface area contributed by atoms with Crippen molar-refractivity contribution in [2.75, 3.05) is 33.3 Å². The second-order valence-electron chi connectivity index (χ2n) is 7.84. The van der Waals surface area contributed by atoms with Crippen LogP contribution in [0.25, 0.3) is 0 Å². The average Bonchev–Trinajstić information content (AvgIpc) is 2.92. The zero-order chi connectivity index (χ0) is 24.6. The van der Waals surface area contributed by atoms with Crippen molar-refractivity contribution >= 4 is 18.0 Å². The molecule has 1 aliphatic heterocycles. The van der Waals surface area contributed by atoms with Crippen molar-refractivity contribution in [3.8, 4) is 11.5 Å². The molecule has 180 valence electrons. The van der Waals surface area contributed by atoms with E-state index in [1.54, 1.807) is 70.6 Å². The lowest BCUT2D eigenvalue weighted by atomic mass is 10.1. The van der Waals surface area contributed by atoms with E-state index in [9.17, 15) is 14.4 Å². The molecule has 1 aliphatic rings. The number of esters is 1. The summed E-state index contributed by atoms with van der Waals surface area (Å²) in [6, 6.07) is 17.3. The molecule has 4 rings (SSSR count). The van der Waals surface area contributed by atoms with E-state index in [0.717, 1.165) is 5.56 Å². The van der Waals surface area contributed by atoms with Gasteiger partial charge in [-0.15, -0.1) is 0 Å². The molecular weight excluding hydrogens is 450 g/mol. The van der Waals surface area contributed by atoms with Crippen LogP contribution in [0.5, 0.6) is 11.5 Å². The number of aromatic nitrogens is 1. The van der Waals surface area contributed by atoms with Gasteiger partial charge in [-0.3, -0.25) is 9.78 Å². The van der Waals surface area contributed by atoms with E-state index < -0.39 is 12.1 Å². The Labute approximate surface area is 202 Å². The maximum atomic E-state index is 12.9. The van der Waals surface area contributed by atoms with Crippen LogP contribution >= 0.6 is 0 Å². The zero-order valence-electron chi connectivity index (χ0n) is 19.3. The van der Waals surface area contributed by atoms with E-state index in [4.69, 9.17) is 14.2 Å². The van der Waals surface area contributed by atoms with E-state index in [-0.39, 0.29) is 12.5 Å². The molecule has 1 saturated heterocycles. The topological polar surface area (TPSA) is 98.3 Å². The number of hydrogen-bond acceptors (Lipinski definition) is 7. The van der Waals surface area contributed by atoms with E-state index in [1.807, 2.05) is 6.07 Å². The van der Waals surface area contributed by atoms with Crippen molar-refractivity contribution in [3.63, 3.8) is 0 Å². The van der Waals surface area contributed by atoms with Crippen molar-refractivity contribution in [1.82, 2.24) is 14.8 Å². The molecular formula is C26H25N3O6.